The maximum absolute atomic E-state index is 4.24. The lowest BCUT2D eigenvalue weighted by Crippen LogP contribution is -2.44. The molecule has 0 spiro atoms. The Bertz CT molecular complexity index is 341. The topological polar surface area (TPSA) is 33.1 Å². The second-order valence-electron chi connectivity index (χ2n) is 5.29. The molecule has 0 aromatic carbocycles. The molecule has 0 unspecified atom stereocenters. The molecule has 1 aliphatic rings. The van der Waals surface area contributed by atoms with E-state index in [4.69, 9.17) is 0 Å². The van der Waals surface area contributed by atoms with Crippen LogP contribution in [0.3, 0.4) is 0 Å². The van der Waals surface area contributed by atoms with E-state index in [9.17, 15) is 0 Å². The Morgan fingerprint density at radius 2 is 2.17 bits per heavy atom. The SMILES string of the molecule is CCCN(CCc1cnn(C)c1)C1CCNCC1. The van der Waals surface area contributed by atoms with Crippen molar-refractivity contribution in [3.8, 4) is 0 Å². The highest BCUT2D eigenvalue weighted by Gasteiger charge is 2.19. The van der Waals surface area contributed by atoms with Gasteiger partial charge in [-0.15, -0.1) is 0 Å². The standard InChI is InChI=1S/C14H26N4/c1-3-9-18(14-4-7-15-8-5-14)10-6-13-11-16-17(2)12-13/h11-12,14-15H,3-10H2,1-2H3. The third-order valence-electron chi connectivity index (χ3n) is 3.78. The molecule has 0 bridgehead atoms. The minimum absolute atomic E-state index is 0.780. The fourth-order valence-corrected chi connectivity index (χ4v) is 2.81. The summed E-state index contributed by atoms with van der Waals surface area (Å²) >= 11 is 0. The summed E-state index contributed by atoms with van der Waals surface area (Å²) in [6.07, 6.45) is 9.09. The quantitative estimate of drug-likeness (QED) is 0.829. The molecule has 1 fully saturated rings. The highest BCUT2D eigenvalue weighted by molar-refractivity contribution is 5.04. The Morgan fingerprint density at radius 1 is 1.39 bits per heavy atom. The first kappa shape index (κ1) is 13.6. The zero-order chi connectivity index (χ0) is 12.8. The monoisotopic (exact) mass is 250 g/mol. The summed E-state index contributed by atoms with van der Waals surface area (Å²) in [6, 6.07) is 0.780. The highest BCUT2D eigenvalue weighted by atomic mass is 15.2. The van der Waals surface area contributed by atoms with Crippen molar-refractivity contribution >= 4 is 0 Å². The van der Waals surface area contributed by atoms with Gasteiger partial charge in [-0.3, -0.25) is 9.58 Å². The minimum Gasteiger partial charge on any atom is -0.317 e. The zero-order valence-corrected chi connectivity index (χ0v) is 11.7. The number of rotatable bonds is 6. The smallest absolute Gasteiger partial charge is 0.0522 e. The van der Waals surface area contributed by atoms with Crippen LogP contribution in [0.5, 0.6) is 0 Å². The summed E-state index contributed by atoms with van der Waals surface area (Å²) in [5.41, 5.74) is 1.35. The molecule has 2 heterocycles. The molecule has 4 nitrogen and oxygen atoms in total. The Hall–Kier alpha value is -0.870. The van der Waals surface area contributed by atoms with Crippen LogP contribution in [-0.2, 0) is 13.5 Å². The van der Waals surface area contributed by atoms with Crippen LogP contribution in [0, 0.1) is 0 Å². The fourth-order valence-electron chi connectivity index (χ4n) is 2.81. The molecule has 102 valence electrons. The third-order valence-corrected chi connectivity index (χ3v) is 3.78. The van der Waals surface area contributed by atoms with Crippen LogP contribution in [0.2, 0.25) is 0 Å². The van der Waals surface area contributed by atoms with Gasteiger partial charge < -0.3 is 5.32 Å². The van der Waals surface area contributed by atoms with Crippen LogP contribution >= 0.6 is 0 Å². The van der Waals surface area contributed by atoms with Crippen molar-refractivity contribution in [2.75, 3.05) is 26.2 Å². The van der Waals surface area contributed by atoms with E-state index in [1.54, 1.807) is 0 Å². The van der Waals surface area contributed by atoms with Crippen molar-refractivity contribution in [2.24, 2.45) is 7.05 Å². The summed E-state index contributed by atoms with van der Waals surface area (Å²) in [5.74, 6) is 0. The summed E-state index contributed by atoms with van der Waals surface area (Å²) in [4.78, 5) is 2.67. The van der Waals surface area contributed by atoms with E-state index in [0.717, 1.165) is 12.5 Å². The molecule has 2 rings (SSSR count). The Labute approximate surface area is 110 Å². The van der Waals surface area contributed by atoms with Gasteiger partial charge in [0.05, 0.1) is 6.20 Å². The number of piperidine rings is 1. The largest absolute Gasteiger partial charge is 0.317 e. The van der Waals surface area contributed by atoms with Crippen LogP contribution in [0.15, 0.2) is 12.4 Å². The Kier molecular flexibility index (Phi) is 5.20. The van der Waals surface area contributed by atoms with Crippen molar-refractivity contribution in [2.45, 2.75) is 38.6 Å². The molecule has 0 amide bonds. The fraction of sp³-hybridized carbons (Fsp3) is 0.786. The van der Waals surface area contributed by atoms with E-state index in [1.807, 2.05) is 17.9 Å². The molecule has 1 N–H and O–H groups in total. The van der Waals surface area contributed by atoms with Gasteiger partial charge in [0.25, 0.3) is 0 Å². The molecular formula is C14H26N4. The first-order valence-corrected chi connectivity index (χ1v) is 7.22. The molecule has 18 heavy (non-hydrogen) atoms. The lowest BCUT2D eigenvalue weighted by molar-refractivity contribution is 0.164. The van der Waals surface area contributed by atoms with E-state index in [0.29, 0.717) is 0 Å². The molecule has 1 aromatic rings. The normalized spacial score (nSPS) is 17.5. The maximum atomic E-state index is 4.24. The molecule has 0 atom stereocenters. The number of aromatic nitrogens is 2. The van der Waals surface area contributed by atoms with Crippen LogP contribution < -0.4 is 5.32 Å². The number of nitrogens with zero attached hydrogens (tertiary/aromatic N) is 3. The predicted octanol–water partition coefficient (Wildman–Crippen LogP) is 1.43. The van der Waals surface area contributed by atoms with Crippen LogP contribution in [-0.4, -0.2) is 46.9 Å². The maximum Gasteiger partial charge on any atom is 0.0522 e. The Balaban J connectivity index is 1.85. The molecule has 0 radical (unpaired) electrons. The average molecular weight is 250 g/mol. The zero-order valence-electron chi connectivity index (χ0n) is 11.7. The van der Waals surface area contributed by atoms with Crippen LogP contribution in [0.1, 0.15) is 31.7 Å². The predicted molar refractivity (Wildman–Crippen MR) is 74.7 cm³/mol. The van der Waals surface area contributed by atoms with Gasteiger partial charge in [-0.2, -0.15) is 5.10 Å². The molecule has 1 aliphatic heterocycles. The average Bonchev–Trinajstić information content (AvgIpc) is 2.81. The number of hydrogen-bond acceptors (Lipinski definition) is 3. The highest BCUT2D eigenvalue weighted by Crippen LogP contribution is 2.13. The second-order valence-corrected chi connectivity index (χ2v) is 5.29. The number of aryl methyl sites for hydroxylation is 1. The second kappa shape index (κ2) is 6.90. The van der Waals surface area contributed by atoms with Gasteiger partial charge >= 0.3 is 0 Å². The third kappa shape index (κ3) is 3.82. The van der Waals surface area contributed by atoms with Crippen LogP contribution in [0.4, 0.5) is 0 Å². The van der Waals surface area contributed by atoms with Crippen LogP contribution in [0.25, 0.3) is 0 Å². The lowest BCUT2D eigenvalue weighted by Gasteiger charge is -2.34. The summed E-state index contributed by atoms with van der Waals surface area (Å²) in [5, 5.41) is 7.69. The van der Waals surface area contributed by atoms with Crippen molar-refractivity contribution in [3.05, 3.63) is 18.0 Å². The molecule has 1 aromatic heterocycles. The van der Waals surface area contributed by atoms with Crippen molar-refractivity contribution in [1.82, 2.24) is 20.0 Å². The van der Waals surface area contributed by atoms with Crippen molar-refractivity contribution in [1.29, 1.82) is 0 Å². The van der Waals surface area contributed by atoms with E-state index < -0.39 is 0 Å². The lowest BCUT2D eigenvalue weighted by atomic mass is 10.0. The Morgan fingerprint density at radius 3 is 2.78 bits per heavy atom. The van der Waals surface area contributed by atoms with Gasteiger partial charge in [-0.1, -0.05) is 6.92 Å². The van der Waals surface area contributed by atoms with Gasteiger partial charge in [-0.25, -0.2) is 0 Å². The van der Waals surface area contributed by atoms with Gasteiger partial charge in [0.2, 0.25) is 0 Å². The van der Waals surface area contributed by atoms with Crippen molar-refractivity contribution < 1.29 is 0 Å². The summed E-state index contributed by atoms with van der Waals surface area (Å²) in [7, 11) is 1.99. The number of nitrogens with one attached hydrogen (secondary N) is 1. The van der Waals surface area contributed by atoms with E-state index >= 15 is 0 Å². The van der Waals surface area contributed by atoms with Gasteiger partial charge in [-0.05, 0) is 50.9 Å². The molecule has 0 saturated carbocycles. The molecule has 0 aliphatic carbocycles. The van der Waals surface area contributed by atoms with E-state index in [1.165, 1.54) is 51.0 Å². The van der Waals surface area contributed by atoms with E-state index in [2.05, 4.69) is 28.4 Å². The minimum atomic E-state index is 0.780. The first-order valence-electron chi connectivity index (χ1n) is 7.22. The van der Waals surface area contributed by atoms with E-state index in [-0.39, 0.29) is 0 Å². The summed E-state index contributed by atoms with van der Waals surface area (Å²) < 4.78 is 1.89. The molecule has 1 saturated heterocycles. The molecular weight excluding hydrogens is 224 g/mol. The molecule has 4 heteroatoms. The first-order chi connectivity index (χ1) is 8.79. The van der Waals surface area contributed by atoms with Gasteiger partial charge in [0, 0.05) is 25.8 Å². The number of hydrogen-bond donors (Lipinski definition) is 1. The van der Waals surface area contributed by atoms with Crippen molar-refractivity contribution in [3.63, 3.8) is 0 Å². The summed E-state index contributed by atoms with van der Waals surface area (Å²) in [6.45, 7) is 7.03. The van der Waals surface area contributed by atoms with Gasteiger partial charge in [0.15, 0.2) is 0 Å². The van der Waals surface area contributed by atoms with Gasteiger partial charge in [0.1, 0.15) is 0 Å².